The van der Waals surface area contributed by atoms with E-state index in [1.54, 1.807) is 12.1 Å². The first kappa shape index (κ1) is 14.4. The van der Waals surface area contributed by atoms with Gasteiger partial charge in [-0.3, -0.25) is 4.79 Å². The van der Waals surface area contributed by atoms with Gasteiger partial charge in [0.2, 0.25) is 0 Å². The number of hydrogen-bond acceptors (Lipinski definition) is 4. The highest BCUT2D eigenvalue weighted by Gasteiger charge is 2.25. The van der Waals surface area contributed by atoms with Gasteiger partial charge in [-0.2, -0.15) is 0 Å². The van der Waals surface area contributed by atoms with Gasteiger partial charge in [-0.25, -0.2) is 4.39 Å². The Morgan fingerprint density at radius 1 is 1.09 bits per heavy atom. The molecule has 0 amide bonds. The Morgan fingerprint density at radius 2 is 1.77 bits per heavy atom. The number of aromatic nitrogens is 2. The lowest BCUT2D eigenvalue weighted by molar-refractivity contribution is -0.142. The second kappa shape index (κ2) is 6.09. The Morgan fingerprint density at radius 3 is 2.32 bits per heavy atom. The minimum Gasteiger partial charge on any atom is -0.481 e. The molecule has 0 saturated carbocycles. The lowest BCUT2D eigenvalue weighted by Crippen LogP contribution is -2.36. The van der Waals surface area contributed by atoms with Gasteiger partial charge in [-0.1, -0.05) is 0 Å². The van der Waals surface area contributed by atoms with Crippen molar-refractivity contribution in [3.8, 4) is 11.3 Å². The van der Waals surface area contributed by atoms with E-state index in [0.29, 0.717) is 31.6 Å². The lowest BCUT2D eigenvalue weighted by atomic mass is 9.97. The zero-order chi connectivity index (χ0) is 15.5. The van der Waals surface area contributed by atoms with Crippen LogP contribution in [0.4, 0.5) is 10.2 Å². The van der Waals surface area contributed by atoms with Crippen molar-refractivity contribution >= 4 is 11.8 Å². The number of carbonyl (C=O) groups is 1. The zero-order valence-electron chi connectivity index (χ0n) is 11.9. The van der Waals surface area contributed by atoms with Crippen molar-refractivity contribution < 1.29 is 14.3 Å². The van der Waals surface area contributed by atoms with Gasteiger partial charge in [0.1, 0.15) is 5.82 Å². The number of carboxylic acid groups (broad SMARTS) is 1. The maximum Gasteiger partial charge on any atom is 0.306 e. The van der Waals surface area contributed by atoms with Crippen molar-refractivity contribution in [2.75, 3.05) is 18.0 Å². The number of halogens is 1. The Balaban J connectivity index is 1.70. The highest BCUT2D eigenvalue weighted by molar-refractivity contribution is 5.70. The van der Waals surface area contributed by atoms with E-state index < -0.39 is 5.97 Å². The van der Waals surface area contributed by atoms with Gasteiger partial charge < -0.3 is 10.0 Å². The van der Waals surface area contributed by atoms with Gasteiger partial charge >= 0.3 is 5.97 Å². The molecule has 0 spiro atoms. The standard InChI is InChI=1S/C16H16FN3O2/c17-13-3-1-11(2-4-13)14-5-6-15(19-18-14)20-9-7-12(8-10-20)16(21)22/h1-6,12H,7-10H2,(H,21,22). The van der Waals surface area contributed by atoms with Crippen molar-refractivity contribution in [1.82, 2.24) is 10.2 Å². The fourth-order valence-electron chi connectivity index (χ4n) is 2.62. The summed E-state index contributed by atoms with van der Waals surface area (Å²) in [6.07, 6.45) is 1.24. The first-order valence-corrected chi connectivity index (χ1v) is 7.21. The van der Waals surface area contributed by atoms with Crippen LogP contribution in [0.25, 0.3) is 11.3 Å². The van der Waals surface area contributed by atoms with Crippen molar-refractivity contribution in [2.24, 2.45) is 5.92 Å². The van der Waals surface area contributed by atoms with Crippen LogP contribution in [0.15, 0.2) is 36.4 Å². The number of carboxylic acids is 1. The monoisotopic (exact) mass is 301 g/mol. The van der Waals surface area contributed by atoms with Crippen LogP contribution in [0.1, 0.15) is 12.8 Å². The number of benzene rings is 1. The van der Waals surface area contributed by atoms with Crippen molar-refractivity contribution in [2.45, 2.75) is 12.8 Å². The molecular formula is C16H16FN3O2. The molecule has 22 heavy (non-hydrogen) atoms. The summed E-state index contributed by atoms with van der Waals surface area (Å²) in [6.45, 7) is 1.34. The molecule has 1 aliphatic heterocycles. The van der Waals surface area contributed by atoms with E-state index in [-0.39, 0.29) is 11.7 Å². The Kier molecular flexibility index (Phi) is 4.00. The Bertz CT molecular complexity index is 650. The van der Waals surface area contributed by atoms with Crippen molar-refractivity contribution in [3.05, 3.63) is 42.2 Å². The van der Waals surface area contributed by atoms with E-state index in [1.807, 2.05) is 17.0 Å². The van der Waals surface area contributed by atoms with Crippen LogP contribution in [0.3, 0.4) is 0 Å². The summed E-state index contributed by atoms with van der Waals surface area (Å²) in [7, 11) is 0. The zero-order valence-corrected chi connectivity index (χ0v) is 11.9. The summed E-state index contributed by atoms with van der Waals surface area (Å²) in [4.78, 5) is 13.0. The van der Waals surface area contributed by atoms with Crippen molar-refractivity contribution in [1.29, 1.82) is 0 Å². The first-order chi connectivity index (χ1) is 10.6. The average molecular weight is 301 g/mol. The summed E-state index contributed by atoms with van der Waals surface area (Å²) >= 11 is 0. The molecule has 0 atom stereocenters. The first-order valence-electron chi connectivity index (χ1n) is 7.21. The van der Waals surface area contributed by atoms with Gasteiger partial charge in [0.05, 0.1) is 11.6 Å². The molecule has 1 aromatic carbocycles. The Labute approximate surface area is 127 Å². The van der Waals surface area contributed by atoms with Gasteiger partial charge in [-0.05, 0) is 49.2 Å². The van der Waals surface area contributed by atoms with E-state index >= 15 is 0 Å². The third kappa shape index (κ3) is 3.05. The molecule has 6 heteroatoms. The lowest BCUT2D eigenvalue weighted by Gasteiger charge is -2.30. The minimum absolute atomic E-state index is 0.261. The summed E-state index contributed by atoms with van der Waals surface area (Å²) in [5, 5.41) is 17.4. The predicted octanol–water partition coefficient (Wildman–Crippen LogP) is 2.58. The molecule has 1 saturated heterocycles. The third-order valence-corrected chi connectivity index (χ3v) is 3.96. The highest BCUT2D eigenvalue weighted by Crippen LogP contribution is 2.23. The molecule has 0 unspecified atom stereocenters. The topological polar surface area (TPSA) is 66.3 Å². The summed E-state index contributed by atoms with van der Waals surface area (Å²) in [6, 6.07) is 9.82. The van der Waals surface area contributed by atoms with Crippen LogP contribution in [-0.2, 0) is 4.79 Å². The molecular weight excluding hydrogens is 285 g/mol. The fraction of sp³-hybridized carbons (Fsp3) is 0.312. The highest BCUT2D eigenvalue weighted by atomic mass is 19.1. The second-order valence-electron chi connectivity index (χ2n) is 5.38. The predicted molar refractivity (Wildman–Crippen MR) is 80.0 cm³/mol. The molecule has 3 rings (SSSR count). The molecule has 2 heterocycles. The SMILES string of the molecule is O=C(O)C1CCN(c2ccc(-c3ccc(F)cc3)nn2)CC1. The summed E-state index contributed by atoms with van der Waals surface area (Å²) in [5.41, 5.74) is 1.49. The maximum absolute atomic E-state index is 12.9. The number of piperidine rings is 1. The van der Waals surface area contributed by atoms with Crippen LogP contribution < -0.4 is 4.90 Å². The third-order valence-electron chi connectivity index (χ3n) is 3.96. The molecule has 2 aromatic rings. The number of rotatable bonds is 3. The van der Waals surface area contributed by atoms with Gasteiger partial charge in [0.25, 0.3) is 0 Å². The van der Waals surface area contributed by atoms with Crippen LogP contribution >= 0.6 is 0 Å². The van der Waals surface area contributed by atoms with Crippen LogP contribution in [0.5, 0.6) is 0 Å². The molecule has 1 aliphatic rings. The largest absolute Gasteiger partial charge is 0.481 e. The van der Waals surface area contributed by atoms with Crippen LogP contribution in [0, 0.1) is 11.7 Å². The van der Waals surface area contributed by atoms with E-state index in [0.717, 1.165) is 11.4 Å². The number of anilines is 1. The fourth-order valence-corrected chi connectivity index (χ4v) is 2.62. The van der Waals surface area contributed by atoms with E-state index in [9.17, 15) is 9.18 Å². The molecule has 0 bridgehead atoms. The van der Waals surface area contributed by atoms with Crippen molar-refractivity contribution in [3.63, 3.8) is 0 Å². The van der Waals surface area contributed by atoms with Gasteiger partial charge in [-0.15, -0.1) is 10.2 Å². The van der Waals surface area contributed by atoms with E-state index in [2.05, 4.69) is 10.2 Å². The Hall–Kier alpha value is -2.50. The van der Waals surface area contributed by atoms with Gasteiger partial charge in [0.15, 0.2) is 5.82 Å². The second-order valence-corrected chi connectivity index (χ2v) is 5.38. The smallest absolute Gasteiger partial charge is 0.306 e. The summed E-state index contributed by atoms with van der Waals surface area (Å²) < 4.78 is 12.9. The minimum atomic E-state index is -0.725. The average Bonchev–Trinajstić information content (AvgIpc) is 2.56. The number of aliphatic carboxylic acids is 1. The molecule has 1 N–H and O–H groups in total. The molecule has 0 radical (unpaired) electrons. The number of nitrogens with zero attached hydrogens (tertiary/aromatic N) is 3. The quantitative estimate of drug-likeness (QED) is 0.944. The molecule has 1 fully saturated rings. The summed E-state index contributed by atoms with van der Waals surface area (Å²) in [5.74, 6) is -0.524. The number of hydrogen-bond donors (Lipinski definition) is 1. The molecule has 5 nitrogen and oxygen atoms in total. The van der Waals surface area contributed by atoms with Crippen LogP contribution in [0.2, 0.25) is 0 Å². The van der Waals surface area contributed by atoms with Gasteiger partial charge in [0, 0.05) is 18.7 Å². The molecule has 0 aliphatic carbocycles. The van der Waals surface area contributed by atoms with E-state index in [4.69, 9.17) is 5.11 Å². The van der Waals surface area contributed by atoms with Crippen LogP contribution in [-0.4, -0.2) is 34.4 Å². The van der Waals surface area contributed by atoms with E-state index in [1.165, 1.54) is 12.1 Å². The molecule has 114 valence electrons. The normalized spacial score (nSPS) is 15.8. The molecule has 1 aromatic heterocycles. The maximum atomic E-state index is 12.9.